The molecule has 0 N–H and O–H groups in total. The van der Waals surface area contributed by atoms with E-state index in [1.54, 1.807) is 0 Å². The maximum atomic E-state index is 9.50. The summed E-state index contributed by atoms with van der Waals surface area (Å²) in [5.41, 5.74) is 9.19. The minimum Gasteiger partial charge on any atom is -0.456 e. The fraction of sp³-hybridized carbons (Fsp3) is 0. The fourth-order valence-corrected chi connectivity index (χ4v) is 6.60. The highest BCUT2D eigenvalue weighted by Crippen LogP contribution is 2.38. The molecule has 9 aromatic rings. The van der Waals surface area contributed by atoms with Gasteiger partial charge in [-0.15, -0.1) is 0 Å². The first-order chi connectivity index (χ1) is 24.2. The molecule has 7 aromatic carbocycles. The molecule has 0 amide bonds. The Bertz CT molecular complexity index is 2740. The highest BCUT2D eigenvalue weighted by atomic mass is 16.3. The van der Waals surface area contributed by atoms with Gasteiger partial charge in [-0.3, -0.25) is 0 Å². The van der Waals surface area contributed by atoms with E-state index in [4.69, 9.17) is 19.4 Å². The largest absolute Gasteiger partial charge is 0.456 e. The molecule has 2 heterocycles. The second kappa shape index (κ2) is 11.7. The molecule has 49 heavy (non-hydrogen) atoms. The van der Waals surface area contributed by atoms with Gasteiger partial charge in [0.2, 0.25) is 0 Å². The van der Waals surface area contributed by atoms with Crippen LogP contribution in [-0.4, -0.2) is 15.0 Å². The third-order valence-corrected chi connectivity index (χ3v) is 8.96. The zero-order chi connectivity index (χ0) is 32.7. The molecule has 5 heteroatoms. The first-order valence-electron chi connectivity index (χ1n) is 16.1. The zero-order valence-corrected chi connectivity index (χ0v) is 26.2. The van der Waals surface area contributed by atoms with Crippen molar-refractivity contribution in [1.29, 1.82) is 5.26 Å². The Morgan fingerprint density at radius 1 is 0.388 bits per heavy atom. The number of fused-ring (bicyclic) bond motifs is 4. The lowest BCUT2D eigenvalue weighted by molar-refractivity contribution is 0.669. The van der Waals surface area contributed by atoms with Crippen molar-refractivity contribution in [2.24, 2.45) is 0 Å². The number of furan rings is 1. The Labute approximate surface area is 282 Å². The fourth-order valence-electron chi connectivity index (χ4n) is 6.60. The summed E-state index contributed by atoms with van der Waals surface area (Å²) in [5.74, 6) is 1.76. The van der Waals surface area contributed by atoms with Crippen molar-refractivity contribution >= 4 is 32.7 Å². The summed E-state index contributed by atoms with van der Waals surface area (Å²) in [5, 5.41) is 13.9. The topological polar surface area (TPSA) is 75.6 Å². The number of nitriles is 1. The van der Waals surface area contributed by atoms with Crippen LogP contribution in [0.2, 0.25) is 0 Å². The summed E-state index contributed by atoms with van der Waals surface area (Å²) in [7, 11) is 0. The van der Waals surface area contributed by atoms with Crippen LogP contribution in [0.4, 0.5) is 0 Å². The molecule has 0 aliphatic rings. The summed E-state index contributed by atoms with van der Waals surface area (Å²) < 4.78 is 6.21. The van der Waals surface area contributed by atoms with Crippen LogP contribution < -0.4 is 0 Å². The molecule has 0 fully saturated rings. The number of aromatic nitrogens is 3. The molecule has 0 unspecified atom stereocenters. The van der Waals surface area contributed by atoms with E-state index in [2.05, 4.69) is 84.9 Å². The van der Waals surface area contributed by atoms with Crippen LogP contribution in [0.1, 0.15) is 5.56 Å². The van der Waals surface area contributed by atoms with Crippen molar-refractivity contribution in [3.05, 3.63) is 163 Å². The van der Waals surface area contributed by atoms with Crippen molar-refractivity contribution in [3.63, 3.8) is 0 Å². The molecule has 228 valence electrons. The van der Waals surface area contributed by atoms with Crippen molar-refractivity contribution < 1.29 is 4.42 Å². The van der Waals surface area contributed by atoms with E-state index in [0.29, 0.717) is 23.0 Å². The third-order valence-electron chi connectivity index (χ3n) is 8.96. The van der Waals surface area contributed by atoms with Crippen LogP contribution in [0.15, 0.2) is 162 Å². The standard InChI is InChI=1S/C44H26N4O/c45-27-28-10-8-13-30(24-28)34-22-23-35(37-17-5-4-16-36(34)37)31-14-9-15-32(25-31)43-46-42(29-11-2-1-3-12-29)47-44(48-43)33-20-21-39-38-18-6-7-19-40(38)49-41(39)26-33/h1-26H. The first-order valence-corrected chi connectivity index (χ1v) is 16.1. The van der Waals surface area contributed by atoms with Gasteiger partial charge >= 0.3 is 0 Å². The number of nitrogens with zero attached hydrogens (tertiary/aromatic N) is 4. The van der Waals surface area contributed by atoms with Crippen molar-refractivity contribution in [2.45, 2.75) is 0 Å². The lowest BCUT2D eigenvalue weighted by Crippen LogP contribution is -2.00. The van der Waals surface area contributed by atoms with Gasteiger partial charge in [-0.2, -0.15) is 5.26 Å². The number of benzene rings is 7. The Hall–Kier alpha value is -6.90. The van der Waals surface area contributed by atoms with Gasteiger partial charge in [0.15, 0.2) is 17.5 Å². The van der Waals surface area contributed by atoms with Crippen LogP contribution in [0.3, 0.4) is 0 Å². The predicted octanol–water partition coefficient (Wildman–Crippen LogP) is 11.1. The number of hydrogen-bond donors (Lipinski definition) is 0. The Kier molecular flexibility index (Phi) is 6.78. The molecule has 0 saturated heterocycles. The van der Waals surface area contributed by atoms with E-state index in [1.165, 1.54) is 0 Å². The smallest absolute Gasteiger partial charge is 0.164 e. The average Bonchev–Trinajstić information content (AvgIpc) is 3.56. The van der Waals surface area contributed by atoms with E-state index in [0.717, 1.165) is 71.7 Å². The van der Waals surface area contributed by atoms with Crippen LogP contribution in [0.25, 0.3) is 89.1 Å². The SMILES string of the molecule is N#Cc1cccc(-c2ccc(-c3cccc(-c4nc(-c5ccccc5)nc(-c5ccc6c(c5)oc5ccccc56)n4)c3)c3ccccc23)c1. The normalized spacial score (nSPS) is 11.2. The lowest BCUT2D eigenvalue weighted by atomic mass is 9.91. The molecule has 2 aromatic heterocycles. The molecular weight excluding hydrogens is 601 g/mol. The van der Waals surface area contributed by atoms with Crippen molar-refractivity contribution in [3.8, 4) is 62.5 Å². The van der Waals surface area contributed by atoms with E-state index >= 15 is 0 Å². The van der Waals surface area contributed by atoms with Gasteiger partial charge in [-0.1, -0.05) is 121 Å². The van der Waals surface area contributed by atoms with Gasteiger partial charge in [0.25, 0.3) is 0 Å². The molecule has 0 saturated carbocycles. The van der Waals surface area contributed by atoms with E-state index in [-0.39, 0.29) is 0 Å². The molecule has 0 radical (unpaired) electrons. The third kappa shape index (κ3) is 5.09. The van der Waals surface area contributed by atoms with Crippen molar-refractivity contribution in [1.82, 2.24) is 15.0 Å². The molecule has 0 bridgehead atoms. The molecule has 0 spiro atoms. The van der Waals surface area contributed by atoms with Crippen LogP contribution in [0, 0.1) is 11.3 Å². The predicted molar refractivity (Wildman–Crippen MR) is 197 cm³/mol. The summed E-state index contributed by atoms with van der Waals surface area (Å²) >= 11 is 0. The monoisotopic (exact) mass is 626 g/mol. The highest BCUT2D eigenvalue weighted by molar-refractivity contribution is 6.06. The lowest BCUT2D eigenvalue weighted by Gasteiger charge is -2.13. The summed E-state index contributed by atoms with van der Waals surface area (Å²) in [6, 6.07) is 55.3. The Morgan fingerprint density at radius 2 is 0.918 bits per heavy atom. The number of hydrogen-bond acceptors (Lipinski definition) is 5. The van der Waals surface area contributed by atoms with Gasteiger partial charge in [0, 0.05) is 27.5 Å². The zero-order valence-electron chi connectivity index (χ0n) is 26.2. The summed E-state index contributed by atoms with van der Waals surface area (Å²) in [6.07, 6.45) is 0. The number of rotatable bonds is 5. The molecule has 5 nitrogen and oxygen atoms in total. The Morgan fingerprint density at radius 3 is 1.63 bits per heavy atom. The van der Waals surface area contributed by atoms with Crippen LogP contribution in [-0.2, 0) is 0 Å². The van der Waals surface area contributed by atoms with Gasteiger partial charge in [-0.05, 0) is 69.4 Å². The van der Waals surface area contributed by atoms with Gasteiger partial charge < -0.3 is 4.42 Å². The van der Waals surface area contributed by atoms with Crippen molar-refractivity contribution in [2.75, 3.05) is 0 Å². The maximum absolute atomic E-state index is 9.50. The Balaban J connectivity index is 1.18. The second-order valence-electron chi connectivity index (χ2n) is 12.0. The maximum Gasteiger partial charge on any atom is 0.164 e. The van der Waals surface area contributed by atoms with E-state index < -0.39 is 0 Å². The minimum atomic E-state index is 0.575. The molecular formula is C44H26N4O. The average molecular weight is 627 g/mol. The quantitative estimate of drug-likeness (QED) is 0.190. The summed E-state index contributed by atoms with van der Waals surface area (Å²) in [6.45, 7) is 0. The van der Waals surface area contributed by atoms with Crippen LogP contribution >= 0.6 is 0 Å². The first kappa shape index (κ1) is 28.3. The molecule has 0 aliphatic heterocycles. The van der Waals surface area contributed by atoms with Gasteiger partial charge in [-0.25, -0.2) is 15.0 Å². The van der Waals surface area contributed by atoms with Crippen LogP contribution in [0.5, 0.6) is 0 Å². The molecule has 9 rings (SSSR count). The second-order valence-corrected chi connectivity index (χ2v) is 12.0. The van der Waals surface area contributed by atoms with Gasteiger partial charge in [0.05, 0.1) is 11.6 Å². The minimum absolute atomic E-state index is 0.575. The molecule has 0 atom stereocenters. The molecule has 0 aliphatic carbocycles. The van der Waals surface area contributed by atoms with E-state index in [9.17, 15) is 5.26 Å². The summed E-state index contributed by atoms with van der Waals surface area (Å²) in [4.78, 5) is 15.0. The number of para-hydroxylation sites is 1. The highest BCUT2D eigenvalue weighted by Gasteiger charge is 2.16. The van der Waals surface area contributed by atoms with Gasteiger partial charge in [0.1, 0.15) is 11.2 Å². The van der Waals surface area contributed by atoms with E-state index in [1.807, 2.05) is 78.9 Å².